The van der Waals surface area contributed by atoms with Crippen molar-refractivity contribution in [1.82, 2.24) is 0 Å². The lowest BCUT2D eigenvalue weighted by atomic mass is 9.87. The van der Waals surface area contributed by atoms with Gasteiger partial charge in [-0.2, -0.15) is 0 Å². The van der Waals surface area contributed by atoms with E-state index in [0.717, 1.165) is 19.3 Å². The molecule has 0 aromatic rings. The number of fused-ring (bicyclic) bond motifs is 1. The Bertz CT molecular complexity index is 254. The monoisotopic (exact) mass is 219 g/mol. The van der Waals surface area contributed by atoms with E-state index in [-0.39, 0.29) is 12.4 Å². The smallest absolute Gasteiger partial charge is 0.450 e. The lowest BCUT2D eigenvalue weighted by Crippen LogP contribution is -2.16. The van der Waals surface area contributed by atoms with Gasteiger partial charge in [-0.05, 0) is 19.3 Å². The summed E-state index contributed by atoms with van der Waals surface area (Å²) in [5.74, 6) is 0.498. The molecule has 1 aliphatic heterocycles. The lowest BCUT2D eigenvalue weighted by Gasteiger charge is -2.17. The van der Waals surface area contributed by atoms with Gasteiger partial charge in [0, 0.05) is 18.1 Å². The van der Waals surface area contributed by atoms with Gasteiger partial charge in [0.2, 0.25) is 0 Å². The summed E-state index contributed by atoms with van der Waals surface area (Å²) in [6.07, 6.45) is 3.74. The van der Waals surface area contributed by atoms with Crippen LogP contribution >= 0.6 is 12.4 Å². The first-order chi connectivity index (χ1) is 6.25. The summed E-state index contributed by atoms with van der Waals surface area (Å²) in [5.41, 5.74) is 1.18. The molecule has 0 saturated heterocycles. The molecule has 14 heavy (non-hydrogen) atoms. The summed E-state index contributed by atoms with van der Waals surface area (Å²) in [7, 11) is 0. The largest absolute Gasteiger partial charge is 0.507 e. The maximum absolute atomic E-state index is 10.3. The van der Waals surface area contributed by atoms with Crippen LogP contribution in [-0.2, 0) is 4.74 Å². The van der Waals surface area contributed by atoms with Crippen LogP contribution in [0.1, 0.15) is 32.1 Å². The van der Waals surface area contributed by atoms with E-state index in [0.29, 0.717) is 5.92 Å². The van der Waals surface area contributed by atoms with Crippen molar-refractivity contribution in [3.8, 4) is 0 Å². The number of carboxylic acid groups (broad SMARTS) is 1. The second kappa shape index (κ2) is 4.64. The van der Waals surface area contributed by atoms with Crippen molar-refractivity contribution in [3.63, 3.8) is 0 Å². The first kappa shape index (κ1) is 11.3. The molecule has 2 unspecified atom stereocenters. The molecule has 2 aliphatic rings. The van der Waals surface area contributed by atoms with Gasteiger partial charge in [0.25, 0.3) is 0 Å². The molecule has 0 amide bonds. The molecule has 0 spiro atoms. The standard InChI is InChI=1S/C9H13NO3.ClH/c11-9(12)13-8-5-6-3-1-2-4-7(6)10-8;/h6,8H,1-5H2,(H,11,12);1H. The fraction of sp³-hybridized carbons (Fsp3) is 0.778. The Morgan fingerprint density at radius 2 is 2.29 bits per heavy atom. The number of carbonyl (C=O) groups is 1. The summed E-state index contributed by atoms with van der Waals surface area (Å²) < 4.78 is 4.63. The van der Waals surface area contributed by atoms with Crippen molar-refractivity contribution in [3.05, 3.63) is 0 Å². The van der Waals surface area contributed by atoms with Crippen molar-refractivity contribution < 1.29 is 14.6 Å². The first-order valence-corrected chi connectivity index (χ1v) is 4.72. The minimum Gasteiger partial charge on any atom is -0.450 e. The third-order valence-electron chi connectivity index (χ3n) is 2.74. The van der Waals surface area contributed by atoms with E-state index in [4.69, 9.17) is 5.11 Å². The molecule has 0 aromatic heterocycles. The van der Waals surface area contributed by atoms with Gasteiger partial charge >= 0.3 is 6.16 Å². The van der Waals surface area contributed by atoms with Crippen LogP contribution < -0.4 is 0 Å². The number of nitrogens with zero attached hydrogens (tertiary/aromatic N) is 1. The Labute approximate surface area is 88.8 Å². The molecule has 1 fully saturated rings. The van der Waals surface area contributed by atoms with E-state index in [1.165, 1.54) is 18.6 Å². The number of ether oxygens (including phenoxy) is 1. The SMILES string of the molecule is Cl.O=C(O)OC1CC2CCCCC2=N1. The molecule has 1 N–H and O–H groups in total. The number of hydrogen-bond acceptors (Lipinski definition) is 3. The average molecular weight is 220 g/mol. The highest BCUT2D eigenvalue weighted by atomic mass is 35.5. The van der Waals surface area contributed by atoms with Crippen LogP contribution in [0.3, 0.4) is 0 Å². The predicted molar refractivity (Wildman–Crippen MR) is 54.2 cm³/mol. The Balaban J connectivity index is 0.000000980. The van der Waals surface area contributed by atoms with Crippen LogP contribution in [0.5, 0.6) is 0 Å². The Hall–Kier alpha value is -0.770. The lowest BCUT2D eigenvalue weighted by molar-refractivity contribution is 0.0528. The summed E-state index contributed by atoms with van der Waals surface area (Å²) in [4.78, 5) is 14.5. The third-order valence-corrected chi connectivity index (χ3v) is 2.74. The first-order valence-electron chi connectivity index (χ1n) is 4.72. The topological polar surface area (TPSA) is 58.9 Å². The van der Waals surface area contributed by atoms with Gasteiger partial charge in [0.05, 0.1) is 0 Å². The minimum absolute atomic E-state index is 0. The zero-order valence-corrected chi connectivity index (χ0v) is 8.63. The quantitative estimate of drug-likeness (QED) is 0.690. The van der Waals surface area contributed by atoms with E-state index < -0.39 is 12.4 Å². The van der Waals surface area contributed by atoms with Crippen LogP contribution in [0.15, 0.2) is 4.99 Å². The van der Waals surface area contributed by atoms with Crippen LogP contribution in [0, 0.1) is 5.92 Å². The molecule has 5 heteroatoms. The van der Waals surface area contributed by atoms with E-state index >= 15 is 0 Å². The molecule has 80 valence electrons. The molecular formula is C9H14ClNO3. The summed E-state index contributed by atoms with van der Waals surface area (Å²) in [5, 5.41) is 8.42. The van der Waals surface area contributed by atoms with E-state index in [2.05, 4.69) is 9.73 Å². The minimum atomic E-state index is -1.21. The molecule has 4 nitrogen and oxygen atoms in total. The normalized spacial score (nSPS) is 29.9. The molecular weight excluding hydrogens is 206 g/mol. The van der Waals surface area contributed by atoms with Crippen molar-refractivity contribution in [1.29, 1.82) is 0 Å². The van der Waals surface area contributed by atoms with Crippen molar-refractivity contribution in [2.24, 2.45) is 10.9 Å². The molecule has 1 saturated carbocycles. The fourth-order valence-corrected chi connectivity index (χ4v) is 2.16. The predicted octanol–water partition coefficient (Wildman–Crippen LogP) is 2.46. The Morgan fingerprint density at radius 1 is 1.50 bits per heavy atom. The highest BCUT2D eigenvalue weighted by molar-refractivity contribution is 5.89. The Kier molecular flexibility index (Phi) is 3.75. The molecule has 2 atom stereocenters. The number of halogens is 1. The second-order valence-corrected chi connectivity index (χ2v) is 3.64. The molecule has 1 heterocycles. The van der Waals surface area contributed by atoms with Crippen LogP contribution in [0.4, 0.5) is 4.79 Å². The Morgan fingerprint density at radius 3 is 2.93 bits per heavy atom. The third kappa shape index (κ3) is 2.38. The summed E-state index contributed by atoms with van der Waals surface area (Å²) in [6, 6.07) is 0. The highest BCUT2D eigenvalue weighted by Crippen LogP contribution is 2.32. The molecule has 0 radical (unpaired) electrons. The van der Waals surface area contributed by atoms with Gasteiger partial charge in [-0.25, -0.2) is 4.79 Å². The van der Waals surface area contributed by atoms with Gasteiger partial charge in [-0.1, -0.05) is 6.42 Å². The maximum atomic E-state index is 10.3. The van der Waals surface area contributed by atoms with Crippen LogP contribution in [0.2, 0.25) is 0 Å². The zero-order valence-electron chi connectivity index (χ0n) is 7.81. The zero-order chi connectivity index (χ0) is 9.26. The number of aliphatic imine (C=N–C) groups is 1. The van der Waals surface area contributed by atoms with Crippen LogP contribution in [-0.4, -0.2) is 23.2 Å². The molecule has 0 bridgehead atoms. The molecule has 0 aromatic carbocycles. The van der Waals surface area contributed by atoms with E-state index in [1.54, 1.807) is 0 Å². The number of rotatable bonds is 1. The average Bonchev–Trinajstić information content (AvgIpc) is 2.44. The van der Waals surface area contributed by atoms with Gasteiger partial charge in [0.15, 0.2) is 6.23 Å². The van der Waals surface area contributed by atoms with Crippen LogP contribution in [0.25, 0.3) is 0 Å². The highest BCUT2D eigenvalue weighted by Gasteiger charge is 2.31. The molecule has 2 rings (SSSR count). The summed E-state index contributed by atoms with van der Waals surface area (Å²) >= 11 is 0. The van der Waals surface area contributed by atoms with Gasteiger partial charge in [0.1, 0.15) is 0 Å². The second-order valence-electron chi connectivity index (χ2n) is 3.64. The van der Waals surface area contributed by atoms with Gasteiger partial charge in [-0.3, -0.25) is 4.99 Å². The summed E-state index contributed by atoms with van der Waals surface area (Å²) in [6.45, 7) is 0. The molecule has 1 aliphatic carbocycles. The van der Waals surface area contributed by atoms with Gasteiger partial charge in [-0.15, -0.1) is 12.4 Å². The maximum Gasteiger partial charge on any atom is 0.507 e. The van der Waals surface area contributed by atoms with Crippen molar-refractivity contribution >= 4 is 24.3 Å². The van der Waals surface area contributed by atoms with E-state index in [9.17, 15) is 4.79 Å². The number of hydrogen-bond donors (Lipinski definition) is 1. The fourth-order valence-electron chi connectivity index (χ4n) is 2.16. The van der Waals surface area contributed by atoms with Gasteiger partial charge < -0.3 is 9.84 Å². The van der Waals surface area contributed by atoms with Crippen molar-refractivity contribution in [2.75, 3.05) is 0 Å². The van der Waals surface area contributed by atoms with E-state index in [1.807, 2.05) is 0 Å². The van der Waals surface area contributed by atoms with Crippen molar-refractivity contribution in [2.45, 2.75) is 38.3 Å².